The molecule has 0 saturated carbocycles. The summed E-state index contributed by atoms with van der Waals surface area (Å²) in [4.78, 5) is 11.4. The zero-order chi connectivity index (χ0) is 13.7. The zero-order valence-electron chi connectivity index (χ0n) is 11.7. The summed E-state index contributed by atoms with van der Waals surface area (Å²) in [5, 5.41) is 0.792. The van der Waals surface area contributed by atoms with Crippen LogP contribution in [0.4, 0.5) is 11.6 Å². The van der Waals surface area contributed by atoms with Gasteiger partial charge in [-0.15, -0.1) is 0 Å². The quantitative estimate of drug-likeness (QED) is 0.636. The summed E-state index contributed by atoms with van der Waals surface area (Å²) in [6.07, 6.45) is 6.58. The summed E-state index contributed by atoms with van der Waals surface area (Å²) in [6.45, 7) is 4.27. The third-order valence-corrected chi connectivity index (χ3v) is 4.62. The van der Waals surface area contributed by atoms with Crippen molar-refractivity contribution in [1.82, 2.24) is 9.97 Å². The van der Waals surface area contributed by atoms with Crippen LogP contribution in [-0.2, 0) is 6.42 Å². The lowest BCUT2D eigenvalue weighted by Crippen LogP contribution is -2.35. The monoisotopic (exact) mass is 281 g/mol. The number of nitrogens with two attached hydrogens (primary N) is 1. The van der Waals surface area contributed by atoms with Crippen molar-refractivity contribution in [2.45, 2.75) is 37.9 Å². The zero-order valence-corrected chi connectivity index (χ0v) is 12.5. The maximum atomic E-state index is 5.49. The highest BCUT2D eigenvalue weighted by Crippen LogP contribution is 2.25. The van der Waals surface area contributed by atoms with Crippen LogP contribution < -0.4 is 16.2 Å². The summed E-state index contributed by atoms with van der Waals surface area (Å²) in [5.41, 5.74) is 2.64. The second-order valence-electron chi connectivity index (χ2n) is 4.84. The summed E-state index contributed by atoms with van der Waals surface area (Å²) >= 11 is 1.97. The Morgan fingerprint density at radius 2 is 2.16 bits per heavy atom. The minimum atomic E-state index is 0.709. The number of piperidine rings is 1. The summed E-state index contributed by atoms with van der Waals surface area (Å²) < 4.78 is 0. The molecule has 0 bridgehead atoms. The number of nitrogens with one attached hydrogen (secondary N) is 1. The van der Waals surface area contributed by atoms with Crippen molar-refractivity contribution in [2.75, 3.05) is 29.7 Å². The van der Waals surface area contributed by atoms with Crippen molar-refractivity contribution in [2.24, 2.45) is 5.84 Å². The molecule has 2 rings (SSSR count). The third kappa shape index (κ3) is 3.73. The first-order valence-electron chi connectivity index (χ1n) is 6.89. The minimum Gasteiger partial charge on any atom is -0.356 e. The Balaban J connectivity index is 2.12. The lowest BCUT2D eigenvalue weighted by molar-refractivity contribution is 0.585. The molecule has 3 N–H and O–H groups in total. The van der Waals surface area contributed by atoms with Crippen LogP contribution in [0.2, 0.25) is 0 Å². The molecule has 1 saturated heterocycles. The molecule has 0 aromatic carbocycles. The molecule has 2 heterocycles. The number of thioether (sulfide) groups is 1. The molecular formula is C13H23N5S. The molecule has 0 atom stereocenters. The molecule has 0 amide bonds. The molecule has 1 aliphatic rings. The van der Waals surface area contributed by atoms with Gasteiger partial charge in [-0.05, 0) is 25.5 Å². The highest BCUT2D eigenvalue weighted by molar-refractivity contribution is 7.99. The van der Waals surface area contributed by atoms with Crippen molar-refractivity contribution in [1.29, 1.82) is 0 Å². The van der Waals surface area contributed by atoms with Crippen molar-refractivity contribution in [3.63, 3.8) is 0 Å². The lowest BCUT2D eigenvalue weighted by Gasteiger charge is -2.32. The van der Waals surface area contributed by atoms with E-state index in [0.29, 0.717) is 5.82 Å². The van der Waals surface area contributed by atoms with Crippen molar-refractivity contribution >= 4 is 23.4 Å². The predicted molar refractivity (Wildman–Crippen MR) is 82.6 cm³/mol. The number of hydrogen-bond donors (Lipinski definition) is 2. The van der Waals surface area contributed by atoms with Crippen LogP contribution in [-0.4, -0.2) is 34.6 Å². The maximum Gasteiger partial charge on any atom is 0.145 e. The molecule has 19 heavy (non-hydrogen) atoms. The Kier molecular flexibility index (Phi) is 5.27. The van der Waals surface area contributed by atoms with Gasteiger partial charge in [0, 0.05) is 30.8 Å². The molecule has 5 nitrogen and oxygen atoms in total. The van der Waals surface area contributed by atoms with Gasteiger partial charge in [0.25, 0.3) is 0 Å². The van der Waals surface area contributed by atoms with Gasteiger partial charge in [-0.25, -0.2) is 15.8 Å². The van der Waals surface area contributed by atoms with Gasteiger partial charge in [-0.1, -0.05) is 6.92 Å². The first-order valence-corrected chi connectivity index (χ1v) is 8.18. The molecule has 1 aromatic rings. The molecule has 1 aliphatic heterocycles. The van der Waals surface area contributed by atoms with E-state index in [-0.39, 0.29) is 0 Å². The van der Waals surface area contributed by atoms with E-state index < -0.39 is 0 Å². The minimum absolute atomic E-state index is 0.709. The standard InChI is InChI=1S/C13H23N5S/c1-3-4-11-15-12(17-14)9-13(16-11)18-7-5-10(19-2)6-8-18/h9-10H,3-8,14H2,1-2H3,(H,15,16,17). The van der Waals surface area contributed by atoms with Crippen LogP contribution in [0.3, 0.4) is 0 Å². The Bertz CT molecular complexity index is 404. The van der Waals surface area contributed by atoms with Gasteiger partial charge in [0.15, 0.2) is 0 Å². The second-order valence-corrected chi connectivity index (χ2v) is 5.98. The largest absolute Gasteiger partial charge is 0.356 e. The fourth-order valence-electron chi connectivity index (χ4n) is 2.38. The normalized spacial score (nSPS) is 16.7. The van der Waals surface area contributed by atoms with Crippen LogP contribution in [0.1, 0.15) is 32.0 Å². The highest BCUT2D eigenvalue weighted by Gasteiger charge is 2.20. The molecular weight excluding hydrogens is 258 g/mol. The smallest absolute Gasteiger partial charge is 0.145 e. The number of rotatable bonds is 5. The Hall–Kier alpha value is -1.01. The Morgan fingerprint density at radius 1 is 1.42 bits per heavy atom. The van der Waals surface area contributed by atoms with Gasteiger partial charge in [0.1, 0.15) is 17.5 Å². The second kappa shape index (κ2) is 6.96. The fourth-order valence-corrected chi connectivity index (χ4v) is 3.06. The van der Waals surface area contributed by atoms with Gasteiger partial charge < -0.3 is 10.3 Å². The van der Waals surface area contributed by atoms with E-state index in [1.807, 2.05) is 17.8 Å². The first-order chi connectivity index (χ1) is 9.26. The fraction of sp³-hybridized carbons (Fsp3) is 0.692. The molecule has 6 heteroatoms. The summed E-state index contributed by atoms with van der Waals surface area (Å²) in [6, 6.07) is 1.94. The number of nitrogen functional groups attached to an aromatic ring is 1. The number of hydrogen-bond acceptors (Lipinski definition) is 6. The van der Waals surface area contributed by atoms with Crippen LogP contribution >= 0.6 is 11.8 Å². The van der Waals surface area contributed by atoms with E-state index in [0.717, 1.165) is 42.8 Å². The van der Waals surface area contributed by atoms with Crippen LogP contribution in [0.25, 0.3) is 0 Å². The van der Waals surface area contributed by atoms with Crippen LogP contribution in [0.5, 0.6) is 0 Å². The third-order valence-electron chi connectivity index (χ3n) is 3.48. The van der Waals surface area contributed by atoms with E-state index in [9.17, 15) is 0 Å². The van der Waals surface area contributed by atoms with Gasteiger partial charge in [-0.2, -0.15) is 11.8 Å². The highest BCUT2D eigenvalue weighted by atomic mass is 32.2. The Morgan fingerprint density at radius 3 is 2.74 bits per heavy atom. The molecule has 106 valence electrons. The number of aromatic nitrogens is 2. The molecule has 1 aromatic heterocycles. The van der Waals surface area contributed by atoms with Crippen LogP contribution in [0, 0.1) is 0 Å². The number of aryl methyl sites for hydroxylation is 1. The average Bonchev–Trinajstić information content (AvgIpc) is 2.47. The van der Waals surface area contributed by atoms with Gasteiger partial charge in [0.05, 0.1) is 0 Å². The molecule has 0 aliphatic carbocycles. The van der Waals surface area contributed by atoms with Gasteiger partial charge in [-0.3, -0.25) is 0 Å². The van der Waals surface area contributed by atoms with E-state index in [1.54, 1.807) is 0 Å². The number of hydrazine groups is 1. The molecule has 0 radical (unpaired) electrons. The molecule has 0 unspecified atom stereocenters. The maximum absolute atomic E-state index is 5.49. The predicted octanol–water partition coefficient (Wildman–Crippen LogP) is 2.05. The van der Waals surface area contributed by atoms with Crippen LogP contribution in [0.15, 0.2) is 6.07 Å². The SMILES string of the molecule is CCCc1nc(NN)cc(N2CCC(SC)CC2)n1. The molecule has 1 fully saturated rings. The first kappa shape index (κ1) is 14.4. The average molecular weight is 281 g/mol. The van der Waals surface area contributed by atoms with Gasteiger partial charge >= 0.3 is 0 Å². The van der Waals surface area contributed by atoms with E-state index in [2.05, 4.69) is 33.5 Å². The van der Waals surface area contributed by atoms with Crippen molar-refractivity contribution < 1.29 is 0 Å². The van der Waals surface area contributed by atoms with E-state index >= 15 is 0 Å². The summed E-state index contributed by atoms with van der Waals surface area (Å²) in [7, 11) is 0. The number of nitrogens with zero attached hydrogens (tertiary/aromatic N) is 3. The van der Waals surface area contributed by atoms with Crippen molar-refractivity contribution in [3.05, 3.63) is 11.9 Å². The molecule has 0 spiro atoms. The Labute approximate surface area is 119 Å². The topological polar surface area (TPSA) is 67.1 Å². The lowest BCUT2D eigenvalue weighted by atomic mass is 10.1. The van der Waals surface area contributed by atoms with Gasteiger partial charge in [0.2, 0.25) is 0 Å². The van der Waals surface area contributed by atoms with Crippen molar-refractivity contribution in [3.8, 4) is 0 Å². The summed E-state index contributed by atoms with van der Waals surface area (Å²) in [5.74, 6) is 8.08. The van der Waals surface area contributed by atoms with E-state index in [4.69, 9.17) is 5.84 Å². The van der Waals surface area contributed by atoms with E-state index in [1.165, 1.54) is 12.8 Å². The number of anilines is 2.